The quantitative estimate of drug-likeness (QED) is 0.708. The first-order valence-corrected chi connectivity index (χ1v) is 9.70. The SMILES string of the molecule is COc1cccc(NC(=O)[C@H]2CCC(=O)N2[C@H]2OC(=O)c3c2ccc(OC)c3OC)c1. The highest BCUT2D eigenvalue weighted by Gasteiger charge is 2.47. The van der Waals surface area contributed by atoms with Gasteiger partial charge >= 0.3 is 5.97 Å². The van der Waals surface area contributed by atoms with Gasteiger partial charge in [0.1, 0.15) is 17.4 Å². The summed E-state index contributed by atoms with van der Waals surface area (Å²) in [6.07, 6.45) is -0.531. The van der Waals surface area contributed by atoms with Gasteiger partial charge in [0, 0.05) is 23.7 Å². The van der Waals surface area contributed by atoms with Crippen LogP contribution in [0.3, 0.4) is 0 Å². The molecule has 2 amide bonds. The van der Waals surface area contributed by atoms with E-state index in [0.717, 1.165) is 0 Å². The van der Waals surface area contributed by atoms with Crippen LogP contribution in [0, 0.1) is 0 Å². The maximum atomic E-state index is 13.0. The van der Waals surface area contributed by atoms with Crippen molar-refractivity contribution in [3.05, 3.63) is 47.5 Å². The number of cyclic esters (lactones) is 1. The number of rotatable bonds is 6. The smallest absolute Gasteiger partial charge is 0.344 e. The summed E-state index contributed by atoms with van der Waals surface area (Å²) in [5.41, 5.74) is 1.19. The Labute approximate surface area is 178 Å². The highest BCUT2D eigenvalue weighted by molar-refractivity contribution is 6.01. The molecule has 1 fully saturated rings. The molecule has 9 nitrogen and oxygen atoms in total. The fourth-order valence-corrected chi connectivity index (χ4v) is 3.97. The maximum absolute atomic E-state index is 13.0. The topological polar surface area (TPSA) is 103 Å². The summed E-state index contributed by atoms with van der Waals surface area (Å²) in [7, 11) is 4.42. The number of nitrogens with one attached hydrogen (secondary N) is 1. The number of ether oxygens (including phenoxy) is 4. The van der Waals surface area contributed by atoms with Crippen molar-refractivity contribution in [3.8, 4) is 17.2 Å². The number of anilines is 1. The fraction of sp³-hybridized carbons (Fsp3) is 0.318. The van der Waals surface area contributed by atoms with Crippen LogP contribution in [0.1, 0.15) is 35.0 Å². The first-order chi connectivity index (χ1) is 15.0. The van der Waals surface area contributed by atoms with Crippen LogP contribution in [-0.4, -0.2) is 50.1 Å². The molecule has 9 heteroatoms. The van der Waals surface area contributed by atoms with E-state index in [1.807, 2.05) is 0 Å². The van der Waals surface area contributed by atoms with Gasteiger partial charge in [0.25, 0.3) is 0 Å². The van der Waals surface area contributed by atoms with Crippen LogP contribution in [0.2, 0.25) is 0 Å². The number of carbonyl (C=O) groups excluding carboxylic acids is 3. The minimum atomic E-state index is -1.02. The summed E-state index contributed by atoms with van der Waals surface area (Å²) in [5.74, 6) is -0.0787. The molecule has 4 rings (SSSR count). The number of hydrogen-bond acceptors (Lipinski definition) is 7. The van der Waals surface area contributed by atoms with Crippen LogP contribution in [0.4, 0.5) is 5.69 Å². The van der Waals surface area contributed by atoms with Crippen LogP contribution in [0.5, 0.6) is 17.2 Å². The first kappa shape index (κ1) is 20.5. The molecule has 0 saturated carbocycles. The molecule has 2 aliphatic heterocycles. The zero-order chi connectivity index (χ0) is 22.1. The molecule has 2 atom stereocenters. The predicted octanol–water partition coefficient (Wildman–Crippen LogP) is 2.51. The van der Waals surface area contributed by atoms with E-state index in [9.17, 15) is 14.4 Å². The highest BCUT2D eigenvalue weighted by atomic mass is 16.6. The van der Waals surface area contributed by atoms with Gasteiger partial charge in [0.15, 0.2) is 11.5 Å². The van der Waals surface area contributed by atoms with Crippen LogP contribution in [-0.2, 0) is 14.3 Å². The van der Waals surface area contributed by atoms with Crippen molar-refractivity contribution in [1.29, 1.82) is 0 Å². The number of fused-ring (bicyclic) bond motifs is 1. The Morgan fingerprint density at radius 2 is 1.90 bits per heavy atom. The first-order valence-electron chi connectivity index (χ1n) is 9.70. The molecule has 2 aliphatic rings. The molecule has 0 unspecified atom stereocenters. The van der Waals surface area contributed by atoms with Gasteiger partial charge in [-0.2, -0.15) is 0 Å². The third-order valence-electron chi connectivity index (χ3n) is 5.41. The molecule has 2 aromatic rings. The highest BCUT2D eigenvalue weighted by Crippen LogP contribution is 2.45. The number of benzene rings is 2. The van der Waals surface area contributed by atoms with E-state index in [0.29, 0.717) is 29.2 Å². The van der Waals surface area contributed by atoms with Gasteiger partial charge in [-0.05, 0) is 30.7 Å². The van der Waals surface area contributed by atoms with Crippen molar-refractivity contribution in [3.63, 3.8) is 0 Å². The number of carbonyl (C=O) groups is 3. The van der Waals surface area contributed by atoms with Gasteiger partial charge in [0.2, 0.25) is 18.0 Å². The number of amides is 2. The van der Waals surface area contributed by atoms with Gasteiger partial charge in [0.05, 0.1) is 21.3 Å². The van der Waals surface area contributed by atoms with Gasteiger partial charge in [-0.3, -0.25) is 14.5 Å². The Morgan fingerprint density at radius 1 is 1.10 bits per heavy atom. The van der Waals surface area contributed by atoms with E-state index in [2.05, 4.69) is 5.32 Å². The molecular weight excluding hydrogens is 404 g/mol. The van der Waals surface area contributed by atoms with Gasteiger partial charge in [-0.25, -0.2) is 4.79 Å². The summed E-state index contributed by atoms with van der Waals surface area (Å²) in [5, 5.41) is 2.81. The maximum Gasteiger partial charge on any atom is 0.344 e. The summed E-state index contributed by atoms with van der Waals surface area (Å²) in [6.45, 7) is 0. The lowest BCUT2D eigenvalue weighted by Gasteiger charge is -2.29. The number of methoxy groups -OCH3 is 3. The number of likely N-dealkylation sites (tertiary alicyclic amines) is 1. The zero-order valence-electron chi connectivity index (χ0n) is 17.3. The van der Waals surface area contributed by atoms with Gasteiger partial charge < -0.3 is 24.3 Å². The average Bonchev–Trinajstić information content (AvgIpc) is 3.32. The molecule has 2 aromatic carbocycles. The molecule has 1 N–H and O–H groups in total. The second-order valence-corrected chi connectivity index (χ2v) is 7.10. The van der Waals surface area contributed by atoms with E-state index in [1.165, 1.54) is 26.2 Å². The minimum absolute atomic E-state index is 0.173. The third-order valence-corrected chi connectivity index (χ3v) is 5.41. The number of hydrogen-bond donors (Lipinski definition) is 1. The summed E-state index contributed by atoms with van der Waals surface area (Å²) in [6, 6.07) is 9.41. The van der Waals surface area contributed by atoms with Crippen molar-refractivity contribution >= 4 is 23.5 Å². The van der Waals surface area contributed by atoms with Crippen LogP contribution in [0.15, 0.2) is 36.4 Å². The molecule has 0 radical (unpaired) electrons. The standard InChI is InChI=1S/C22H22N2O7/c1-28-13-6-4-5-12(11-13)23-20(26)15-8-10-17(25)24(15)21-14-7-9-16(29-2)19(30-3)18(14)22(27)31-21/h4-7,9,11,15,21H,8,10H2,1-3H3,(H,23,26)/t15-,21+/m1/s1. The second kappa shape index (κ2) is 8.17. The van der Waals surface area contributed by atoms with E-state index in [4.69, 9.17) is 18.9 Å². The van der Waals surface area contributed by atoms with E-state index < -0.39 is 18.2 Å². The normalized spacial score (nSPS) is 19.6. The number of esters is 1. The molecule has 0 bridgehead atoms. The average molecular weight is 426 g/mol. The molecule has 0 aromatic heterocycles. The van der Waals surface area contributed by atoms with Gasteiger partial charge in [-0.15, -0.1) is 0 Å². The largest absolute Gasteiger partial charge is 0.497 e. The third kappa shape index (κ3) is 3.52. The van der Waals surface area contributed by atoms with Crippen LogP contribution in [0.25, 0.3) is 0 Å². The Hall–Kier alpha value is -3.75. The molecule has 0 spiro atoms. The van der Waals surface area contributed by atoms with Crippen molar-refractivity contribution in [1.82, 2.24) is 4.90 Å². The van der Waals surface area contributed by atoms with E-state index in [-0.39, 0.29) is 29.5 Å². The number of nitrogens with zero attached hydrogens (tertiary/aromatic N) is 1. The molecule has 2 heterocycles. The fourth-order valence-electron chi connectivity index (χ4n) is 3.97. The van der Waals surface area contributed by atoms with Crippen molar-refractivity contribution in [2.75, 3.05) is 26.6 Å². The van der Waals surface area contributed by atoms with Crippen molar-refractivity contribution < 1.29 is 33.3 Å². The lowest BCUT2D eigenvalue weighted by atomic mass is 10.1. The van der Waals surface area contributed by atoms with E-state index >= 15 is 0 Å². The molecule has 31 heavy (non-hydrogen) atoms. The predicted molar refractivity (Wildman–Crippen MR) is 109 cm³/mol. The summed E-state index contributed by atoms with van der Waals surface area (Å²) < 4.78 is 21.3. The monoisotopic (exact) mass is 426 g/mol. The molecule has 162 valence electrons. The second-order valence-electron chi connectivity index (χ2n) is 7.10. The van der Waals surface area contributed by atoms with E-state index in [1.54, 1.807) is 36.4 Å². The molecule has 1 saturated heterocycles. The minimum Gasteiger partial charge on any atom is -0.497 e. The Balaban J connectivity index is 1.64. The van der Waals surface area contributed by atoms with Crippen molar-refractivity contribution in [2.24, 2.45) is 0 Å². The zero-order valence-corrected chi connectivity index (χ0v) is 17.3. The lowest BCUT2D eigenvalue weighted by Crippen LogP contribution is -2.43. The molecular formula is C22H22N2O7. The Bertz CT molecular complexity index is 1050. The lowest BCUT2D eigenvalue weighted by molar-refractivity contribution is -0.144. The Morgan fingerprint density at radius 3 is 2.61 bits per heavy atom. The summed E-state index contributed by atoms with van der Waals surface area (Å²) >= 11 is 0. The van der Waals surface area contributed by atoms with Crippen LogP contribution < -0.4 is 19.5 Å². The van der Waals surface area contributed by atoms with Crippen LogP contribution >= 0.6 is 0 Å². The summed E-state index contributed by atoms with van der Waals surface area (Å²) in [4.78, 5) is 39.7. The Kier molecular flexibility index (Phi) is 5.41. The van der Waals surface area contributed by atoms with Gasteiger partial charge in [-0.1, -0.05) is 6.07 Å². The molecule has 0 aliphatic carbocycles. The van der Waals surface area contributed by atoms with Crippen molar-refractivity contribution in [2.45, 2.75) is 25.1 Å².